The van der Waals surface area contributed by atoms with Crippen molar-refractivity contribution >= 4 is 17.3 Å². The van der Waals surface area contributed by atoms with E-state index in [4.69, 9.17) is 9.26 Å². The van der Waals surface area contributed by atoms with E-state index in [0.717, 1.165) is 0 Å². The zero-order valence-corrected chi connectivity index (χ0v) is 13.9. The molecule has 0 unspecified atom stereocenters. The standard InChI is InChI=1S/C17H14N4O5/c1-10-18-17(26-20-10)12-5-3-11(4-6-12)16(22)19-14-9-13(21(23)24)7-8-15(14)25-2/h3-9H,1-2H3,(H,19,22). The van der Waals surface area contributed by atoms with Gasteiger partial charge in [0.2, 0.25) is 0 Å². The molecule has 0 atom stereocenters. The lowest BCUT2D eigenvalue weighted by atomic mass is 10.1. The fourth-order valence-corrected chi connectivity index (χ4v) is 2.28. The second-order valence-electron chi connectivity index (χ2n) is 5.32. The first-order valence-electron chi connectivity index (χ1n) is 7.52. The summed E-state index contributed by atoms with van der Waals surface area (Å²) in [6.45, 7) is 1.71. The largest absolute Gasteiger partial charge is 0.495 e. The molecule has 9 nitrogen and oxygen atoms in total. The number of carbonyl (C=O) groups excluding carboxylic acids is 1. The van der Waals surface area contributed by atoms with Gasteiger partial charge in [-0.05, 0) is 37.3 Å². The SMILES string of the molecule is COc1ccc([N+](=O)[O-])cc1NC(=O)c1ccc(-c2nc(C)no2)cc1. The summed E-state index contributed by atoms with van der Waals surface area (Å²) in [7, 11) is 1.41. The van der Waals surface area contributed by atoms with Crippen molar-refractivity contribution in [3.63, 3.8) is 0 Å². The molecule has 0 aliphatic carbocycles. The number of anilines is 1. The Kier molecular flexibility index (Phi) is 4.61. The predicted molar refractivity (Wildman–Crippen MR) is 92.1 cm³/mol. The van der Waals surface area contributed by atoms with E-state index in [1.807, 2.05) is 0 Å². The number of nitro benzene ring substituents is 1. The van der Waals surface area contributed by atoms with Gasteiger partial charge in [0.25, 0.3) is 17.5 Å². The highest BCUT2D eigenvalue weighted by atomic mass is 16.6. The van der Waals surface area contributed by atoms with Crippen molar-refractivity contribution < 1.29 is 19.0 Å². The molecule has 3 aromatic rings. The summed E-state index contributed by atoms with van der Waals surface area (Å²) in [6.07, 6.45) is 0. The van der Waals surface area contributed by atoms with Crippen molar-refractivity contribution in [1.82, 2.24) is 10.1 Å². The van der Waals surface area contributed by atoms with Crippen LogP contribution >= 0.6 is 0 Å². The van der Waals surface area contributed by atoms with Crippen LogP contribution in [0, 0.1) is 17.0 Å². The summed E-state index contributed by atoms with van der Waals surface area (Å²) in [5.41, 5.74) is 1.10. The molecule has 0 fully saturated rings. The summed E-state index contributed by atoms with van der Waals surface area (Å²) in [6, 6.07) is 10.5. The lowest BCUT2D eigenvalue weighted by Crippen LogP contribution is -2.12. The van der Waals surface area contributed by atoms with E-state index < -0.39 is 10.8 Å². The van der Waals surface area contributed by atoms with Crippen molar-refractivity contribution in [3.05, 3.63) is 64.0 Å². The van der Waals surface area contributed by atoms with Crippen LogP contribution < -0.4 is 10.1 Å². The lowest BCUT2D eigenvalue weighted by molar-refractivity contribution is -0.384. The number of nitro groups is 1. The van der Waals surface area contributed by atoms with E-state index >= 15 is 0 Å². The molecule has 0 radical (unpaired) electrons. The quantitative estimate of drug-likeness (QED) is 0.551. The molecule has 3 rings (SSSR count). The van der Waals surface area contributed by atoms with E-state index in [1.54, 1.807) is 31.2 Å². The number of non-ortho nitro benzene ring substituents is 1. The summed E-state index contributed by atoms with van der Waals surface area (Å²) in [5, 5.41) is 17.2. The van der Waals surface area contributed by atoms with Crippen LogP contribution in [0.1, 0.15) is 16.2 Å². The van der Waals surface area contributed by atoms with E-state index in [-0.39, 0.29) is 11.4 Å². The minimum atomic E-state index is -0.545. The Morgan fingerprint density at radius 2 is 1.96 bits per heavy atom. The van der Waals surface area contributed by atoms with Gasteiger partial charge in [-0.25, -0.2) is 0 Å². The number of nitrogens with one attached hydrogen (secondary N) is 1. The monoisotopic (exact) mass is 354 g/mol. The zero-order valence-electron chi connectivity index (χ0n) is 13.9. The third-order valence-electron chi connectivity index (χ3n) is 3.56. The number of amides is 1. The van der Waals surface area contributed by atoms with Gasteiger partial charge in [0.05, 0.1) is 17.7 Å². The molecule has 0 aliphatic heterocycles. The Labute approximate surface area is 147 Å². The molecule has 0 aliphatic rings. The highest BCUT2D eigenvalue weighted by Crippen LogP contribution is 2.29. The van der Waals surface area contributed by atoms with Crippen LogP contribution in [0.3, 0.4) is 0 Å². The predicted octanol–water partition coefficient (Wildman–Crippen LogP) is 3.21. The van der Waals surface area contributed by atoms with Crippen LogP contribution in [0.5, 0.6) is 5.75 Å². The molecule has 0 bridgehead atoms. The molecule has 1 N–H and O–H groups in total. The van der Waals surface area contributed by atoms with Gasteiger partial charge in [-0.3, -0.25) is 14.9 Å². The Morgan fingerprint density at radius 3 is 2.54 bits per heavy atom. The van der Waals surface area contributed by atoms with E-state index in [1.165, 1.54) is 25.3 Å². The summed E-state index contributed by atoms with van der Waals surface area (Å²) < 4.78 is 10.2. The van der Waals surface area contributed by atoms with Crippen LogP contribution in [0.25, 0.3) is 11.5 Å². The average Bonchev–Trinajstić information content (AvgIpc) is 3.08. The molecule has 132 valence electrons. The molecule has 1 heterocycles. The first-order chi connectivity index (χ1) is 12.5. The lowest BCUT2D eigenvalue weighted by Gasteiger charge is -2.10. The highest BCUT2D eigenvalue weighted by Gasteiger charge is 2.15. The highest BCUT2D eigenvalue weighted by molar-refractivity contribution is 6.05. The van der Waals surface area contributed by atoms with E-state index in [2.05, 4.69) is 15.5 Å². The van der Waals surface area contributed by atoms with Crippen molar-refractivity contribution in [3.8, 4) is 17.2 Å². The smallest absolute Gasteiger partial charge is 0.271 e. The van der Waals surface area contributed by atoms with Gasteiger partial charge in [-0.15, -0.1) is 0 Å². The van der Waals surface area contributed by atoms with Crippen LogP contribution in [-0.2, 0) is 0 Å². The number of ether oxygens (including phenoxy) is 1. The van der Waals surface area contributed by atoms with Crippen LogP contribution in [0.15, 0.2) is 47.0 Å². The van der Waals surface area contributed by atoms with Gasteiger partial charge in [-0.2, -0.15) is 4.98 Å². The maximum Gasteiger partial charge on any atom is 0.271 e. The second kappa shape index (κ2) is 7.01. The number of hydrogen-bond donors (Lipinski definition) is 1. The maximum absolute atomic E-state index is 12.4. The molecule has 2 aromatic carbocycles. The molecule has 0 spiro atoms. The van der Waals surface area contributed by atoms with Gasteiger partial charge in [0.1, 0.15) is 5.75 Å². The minimum absolute atomic E-state index is 0.150. The number of nitrogens with zero attached hydrogens (tertiary/aromatic N) is 3. The maximum atomic E-state index is 12.4. The first-order valence-corrected chi connectivity index (χ1v) is 7.52. The number of hydrogen-bond acceptors (Lipinski definition) is 7. The Bertz CT molecular complexity index is 966. The van der Waals surface area contributed by atoms with Gasteiger partial charge < -0.3 is 14.6 Å². The Hall–Kier alpha value is -3.75. The average molecular weight is 354 g/mol. The fraction of sp³-hybridized carbons (Fsp3) is 0.118. The summed E-state index contributed by atoms with van der Waals surface area (Å²) >= 11 is 0. The molecular formula is C17H14N4O5. The number of carbonyl (C=O) groups is 1. The molecule has 1 amide bonds. The van der Waals surface area contributed by atoms with Crippen LogP contribution in [0.4, 0.5) is 11.4 Å². The molecule has 9 heteroatoms. The summed E-state index contributed by atoms with van der Waals surface area (Å²) in [4.78, 5) is 26.9. The number of aryl methyl sites for hydroxylation is 1. The second-order valence-corrected chi connectivity index (χ2v) is 5.32. The van der Waals surface area contributed by atoms with Crippen LogP contribution in [-0.4, -0.2) is 28.1 Å². The molecule has 0 saturated carbocycles. The summed E-state index contributed by atoms with van der Waals surface area (Å²) in [5.74, 6) is 0.758. The van der Waals surface area contributed by atoms with Gasteiger partial charge in [-0.1, -0.05) is 5.16 Å². The number of methoxy groups -OCH3 is 1. The van der Waals surface area contributed by atoms with Gasteiger partial charge >= 0.3 is 0 Å². The third kappa shape index (κ3) is 3.51. The number of rotatable bonds is 5. The zero-order chi connectivity index (χ0) is 18.7. The molecule has 26 heavy (non-hydrogen) atoms. The van der Waals surface area contributed by atoms with Gasteiger partial charge in [0, 0.05) is 23.3 Å². The van der Waals surface area contributed by atoms with Crippen molar-refractivity contribution in [2.45, 2.75) is 6.92 Å². The normalized spacial score (nSPS) is 10.4. The van der Waals surface area contributed by atoms with Crippen LogP contribution in [0.2, 0.25) is 0 Å². The number of aromatic nitrogens is 2. The molecular weight excluding hydrogens is 340 g/mol. The van der Waals surface area contributed by atoms with E-state index in [0.29, 0.717) is 28.6 Å². The van der Waals surface area contributed by atoms with Gasteiger partial charge in [0.15, 0.2) is 5.82 Å². The number of benzene rings is 2. The Morgan fingerprint density at radius 1 is 1.23 bits per heavy atom. The van der Waals surface area contributed by atoms with E-state index in [9.17, 15) is 14.9 Å². The van der Waals surface area contributed by atoms with Crippen molar-refractivity contribution in [2.24, 2.45) is 0 Å². The topological polar surface area (TPSA) is 120 Å². The first kappa shape index (κ1) is 17.1. The van der Waals surface area contributed by atoms with Crippen molar-refractivity contribution in [2.75, 3.05) is 12.4 Å². The molecule has 0 saturated heterocycles. The van der Waals surface area contributed by atoms with Crippen molar-refractivity contribution in [1.29, 1.82) is 0 Å². The Balaban J connectivity index is 1.82. The minimum Gasteiger partial charge on any atom is -0.495 e. The fourth-order valence-electron chi connectivity index (χ4n) is 2.28. The molecule has 1 aromatic heterocycles. The third-order valence-corrected chi connectivity index (χ3v) is 3.56.